The third-order valence-electron chi connectivity index (χ3n) is 7.62. The minimum absolute atomic E-state index is 0.136. The molecule has 0 bridgehead atoms. The van der Waals surface area contributed by atoms with E-state index in [-0.39, 0.29) is 17.8 Å². The van der Waals surface area contributed by atoms with Crippen LogP contribution in [0.1, 0.15) is 37.2 Å². The number of nitrogens with zero attached hydrogens (tertiary/aromatic N) is 4. The lowest BCUT2D eigenvalue weighted by Gasteiger charge is -2.39. The van der Waals surface area contributed by atoms with E-state index in [4.69, 9.17) is 4.74 Å². The molecule has 1 unspecified atom stereocenters. The predicted octanol–water partition coefficient (Wildman–Crippen LogP) is 5.34. The standard InChI is InChI=1S/C28H30FN5O2/c29-21-3-5-22(6-4-21)36-18-19-2-1-13-34(17-19)28(35)33-14-9-20(10-15-33)23-7-11-30-25-16-32-27-24(26(23)25)8-12-31-27/h3-8,11-12,16,19-20H,1-2,9-10,13-15,17-18H2,(H,31,32). The third kappa shape index (κ3) is 4.47. The van der Waals surface area contributed by atoms with Gasteiger partial charge in [0.25, 0.3) is 0 Å². The highest BCUT2D eigenvalue weighted by atomic mass is 19.1. The molecule has 2 amide bonds. The Kier molecular flexibility index (Phi) is 6.17. The molecule has 2 fully saturated rings. The number of nitrogens with one attached hydrogen (secondary N) is 1. The first-order valence-corrected chi connectivity index (χ1v) is 12.8. The molecular formula is C28H30FN5O2. The number of ether oxygens (including phenoxy) is 1. The van der Waals surface area contributed by atoms with Gasteiger partial charge in [0.2, 0.25) is 0 Å². The molecule has 1 atom stereocenters. The number of urea groups is 1. The summed E-state index contributed by atoms with van der Waals surface area (Å²) in [6.07, 6.45) is 9.51. The summed E-state index contributed by atoms with van der Waals surface area (Å²) in [4.78, 5) is 29.6. The topological polar surface area (TPSA) is 74.4 Å². The number of H-pyrrole nitrogens is 1. The van der Waals surface area contributed by atoms with Gasteiger partial charge in [-0.05, 0) is 73.6 Å². The van der Waals surface area contributed by atoms with Gasteiger partial charge in [0.05, 0.1) is 18.3 Å². The van der Waals surface area contributed by atoms with Crippen LogP contribution in [0.5, 0.6) is 5.75 Å². The number of rotatable bonds is 4. The molecule has 0 spiro atoms. The molecule has 2 saturated heterocycles. The van der Waals surface area contributed by atoms with Crippen molar-refractivity contribution in [1.29, 1.82) is 0 Å². The molecular weight excluding hydrogens is 457 g/mol. The molecule has 4 aromatic rings. The molecule has 1 N–H and O–H groups in total. The molecule has 2 aliphatic rings. The number of pyridine rings is 2. The monoisotopic (exact) mass is 487 g/mol. The van der Waals surface area contributed by atoms with Crippen LogP contribution in [-0.4, -0.2) is 63.6 Å². The summed E-state index contributed by atoms with van der Waals surface area (Å²) in [5.74, 6) is 1.06. The van der Waals surface area contributed by atoms with Gasteiger partial charge in [-0.15, -0.1) is 0 Å². The number of aromatic amines is 1. The maximum Gasteiger partial charge on any atom is 0.320 e. The minimum Gasteiger partial charge on any atom is -0.493 e. The highest BCUT2D eigenvalue weighted by Gasteiger charge is 2.31. The van der Waals surface area contributed by atoms with Crippen molar-refractivity contribution in [2.75, 3.05) is 32.8 Å². The van der Waals surface area contributed by atoms with Gasteiger partial charge in [0, 0.05) is 55.3 Å². The quantitative estimate of drug-likeness (QED) is 0.422. The second kappa shape index (κ2) is 9.76. The summed E-state index contributed by atoms with van der Waals surface area (Å²) < 4.78 is 19.0. The molecule has 0 radical (unpaired) electrons. The van der Waals surface area contributed by atoms with E-state index in [1.807, 2.05) is 28.4 Å². The Morgan fingerprint density at radius 3 is 2.69 bits per heavy atom. The second-order valence-electron chi connectivity index (χ2n) is 9.92. The van der Waals surface area contributed by atoms with E-state index in [1.165, 1.54) is 23.1 Å². The van der Waals surface area contributed by atoms with Gasteiger partial charge < -0.3 is 19.5 Å². The SMILES string of the molecule is O=C(N1CCC(c2ccnc3cnc4[nH]ccc4c23)CC1)N1CCCC(COc2ccc(F)cc2)C1. The third-order valence-corrected chi connectivity index (χ3v) is 7.62. The van der Waals surface area contributed by atoms with Crippen LogP contribution in [0.4, 0.5) is 9.18 Å². The van der Waals surface area contributed by atoms with Crippen LogP contribution in [-0.2, 0) is 0 Å². The molecule has 186 valence electrons. The van der Waals surface area contributed by atoms with Crippen molar-refractivity contribution in [3.8, 4) is 5.75 Å². The molecule has 36 heavy (non-hydrogen) atoms. The fourth-order valence-corrected chi connectivity index (χ4v) is 5.72. The van der Waals surface area contributed by atoms with Crippen molar-refractivity contribution in [2.24, 2.45) is 5.92 Å². The zero-order valence-corrected chi connectivity index (χ0v) is 20.2. The Morgan fingerprint density at radius 1 is 1.03 bits per heavy atom. The second-order valence-corrected chi connectivity index (χ2v) is 9.92. The lowest BCUT2D eigenvalue weighted by Crippen LogP contribution is -2.50. The number of hydrogen-bond acceptors (Lipinski definition) is 4. The first kappa shape index (κ1) is 22.8. The first-order valence-electron chi connectivity index (χ1n) is 12.8. The van der Waals surface area contributed by atoms with Gasteiger partial charge in [-0.1, -0.05) is 0 Å². The van der Waals surface area contributed by atoms with Crippen molar-refractivity contribution < 1.29 is 13.9 Å². The number of carbonyl (C=O) groups excluding carboxylic acids is 1. The normalized spacial score (nSPS) is 19.2. The number of amides is 2. The van der Waals surface area contributed by atoms with E-state index in [9.17, 15) is 9.18 Å². The number of aromatic nitrogens is 3. The summed E-state index contributed by atoms with van der Waals surface area (Å²) in [6, 6.07) is 10.4. The Bertz CT molecular complexity index is 1360. The lowest BCUT2D eigenvalue weighted by atomic mass is 9.87. The Balaban J connectivity index is 1.08. The number of hydrogen-bond donors (Lipinski definition) is 1. The molecule has 5 heterocycles. The lowest BCUT2D eigenvalue weighted by molar-refractivity contribution is 0.104. The van der Waals surface area contributed by atoms with Gasteiger partial charge >= 0.3 is 6.03 Å². The molecule has 7 nitrogen and oxygen atoms in total. The zero-order chi connectivity index (χ0) is 24.5. The van der Waals surface area contributed by atoms with E-state index in [1.54, 1.807) is 12.1 Å². The average molecular weight is 488 g/mol. The van der Waals surface area contributed by atoms with Crippen molar-refractivity contribution in [2.45, 2.75) is 31.6 Å². The van der Waals surface area contributed by atoms with Crippen molar-refractivity contribution in [3.63, 3.8) is 0 Å². The zero-order valence-electron chi connectivity index (χ0n) is 20.2. The van der Waals surface area contributed by atoms with Gasteiger partial charge in [-0.25, -0.2) is 14.2 Å². The molecule has 8 heteroatoms. The van der Waals surface area contributed by atoms with Crippen LogP contribution in [0.25, 0.3) is 21.9 Å². The maximum atomic E-state index is 13.4. The Labute approximate surface area is 209 Å². The summed E-state index contributed by atoms with van der Waals surface area (Å²) in [5.41, 5.74) is 3.10. The number of halogens is 1. The van der Waals surface area contributed by atoms with Crippen molar-refractivity contribution in [1.82, 2.24) is 24.8 Å². The van der Waals surface area contributed by atoms with Crippen LogP contribution in [0, 0.1) is 11.7 Å². The fraction of sp³-hybridized carbons (Fsp3) is 0.393. The molecule has 1 aromatic carbocycles. The fourth-order valence-electron chi connectivity index (χ4n) is 5.72. The summed E-state index contributed by atoms with van der Waals surface area (Å²) >= 11 is 0. The van der Waals surface area contributed by atoms with Gasteiger partial charge in [-0.3, -0.25) is 4.98 Å². The largest absolute Gasteiger partial charge is 0.493 e. The summed E-state index contributed by atoms with van der Waals surface area (Å²) in [6.45, 7) is 3.53. The molecule has 0 saturated carbocycles. The van der Waals surface area contributed by atoms with Crippen LogP contribution in [0.2, 0.25) is 0 Å². The van der Waals surface area contributed by atoms with E-state index < -0.39 is 0 Å². The Hall–Kier alpha value is -3.68. The minimum atomic E-state index is -0.271. The Morgan fingerprint density at radius 2 is 1.86 bits per heavy atom. The summed E-state index contributed by atoms with van der Waals surface area (Å²) in [5, 5.41) is 2.28. The van der Waals surface area contributed by atoms with Gasteiger partial charge in [0.1, 0.15) is 17.2 Å². The van der Waals surface area contributed by atoms with Gasteiger partial charge in [-0.2, -0.15) is 0 Å². The van der Waals surface area contributed by atoms with Crippen molar-refractivity contribution in [3.05, 3.63) is 66.4 Å². The van der Waals surface area contributed by atoms with E-state index in [0.29, 0.717) is 24.8 Å². The number of carbonyl (C=O) groups is 1. The first-order chi connectivity index (χ1) is 17.7. The smallest absolute Gasteiger partial charge is 0.320 e. The van der Waals surface area contributed by atoms with Crippen LogP contribution in [0.15, 0.2) is 55.0 Å². The highest BCUT2D eigenvalue weighted by molar-refractivity contribution is 6.05. The van der Waals surface area contributed by atoms with E-state index >= 15 is 0 Å². The molecule has 6 rings (SSSR count). The molecule has 0 aliphatic carbocycles. The van der Waals surface area contributed by atoms with Crippen LogP contribution in [0.3, 0.4) is 0 Å². The van der Waals surface area contributed by atoms with E-state index in [0.717, 1.165) is 61.9 Å². The van der Waals surface area contributed by atoms with E-state index in [2.05, 4.69) is 27.1 Å². The molecule has 2 aliphatic heterocycles. The highest BCUT2D eigenvalue weighted by Crippen LogP contribution is 2.35. The number of benzene rings is 1. The average Bonchev–Trinajstić information content (AvgIpc) is 3.42. The predicted molar refractivity (Wildman–Crippen MR) is 137 cm³/mol. The maximum absolute atomic E-state index is 13.4. The number of piperidine rings is 2. The van der Waals surface area contributed by atoms with Crippen LogP contribution >= 0.6 is 0 Å². The van der Waals surface area contributed by atoms with Crippen LogP contribution < -0.4 is 4.74 Å². The number of likely N-dealkylation sites (tertiary alicyclic amines) is 2. The van der Waals surface area contributed by atoms with Crippen molar-refractivity contribution >= 4 is 28.0 Å². The summed E-state index contributed by atoms with van der Waals surface area (Å²) in [7, 11) is 0. The number of fused-ring (bicyclic) bond motifs is 3. The molecule has 3 aromatic heterocycles. The van der Waals surface area contributed by atoms with Gasteiger partial charge in [0.15, 0.2) is 0 Å².